The van der Waals surface area contributed by atoms with Crippen molar-refractivity contribution in [2.45, 2.75) is 6.18 Å². The number of fused-ring (bicyclic) bond motifs is 2. The van der Waals surface area contributed by atoms with Gasteiger partial charge in [0.25, 0.3) is 0 Å². The molecule has 36 heavy (non-hydrogen) atoms. The molecule has 0 atom stereocenters. The topological polar surface area (TPSA) is 61.8 Å². The van der Waals surface area contributed by atoms with E-state index in [4.69, 9.17) is 0 Å². The first kappa shape index (κ1) is 23.0. The fraction of sp³-hybridized carbons (Fsp3) is 0.0357. The maximum absolute atomic E-state index is 12.8. The smallest absolute Gasteiger partial charge is 0.264 e. The van der Waals surface area contributed by atoms with Crippen LogP contribution in [0.5, 0.6) is 0 Å². The summed E-state index contributed by atoms with van der Waals surface area (Å²) in [5.41, 5.74) is 2.28. The minimum Gasteiger partial charge on any atom is -0.264 e. The summed E-state index contributed by atoms with van der Waals surface area (Å²) in [6, 6.07) is 27.1. The van der Waals surface area contributed by atoms with E-state index in [1.54, 1.807) is 12.1 Å². The predicted molar refractivity (Wildman–Crippen MR) is 137 cm³/mol. The van der Waals surface area contributed by atoms with Crippen LogP contribution in [0.4, 0.5) is 41.6 Å². The highest BCUT2D eigenvalue weighted by Gasteiger charge is 2.29. The molecule has 0 aromatic heterocycles. The van der Waals surface area contributed by atoms with Gasteiger partial charge < -0.3 is 0 Å². The Morgan fingerprint density at radius 1 is 0.472 bits per heavy atom. The Labute approximate surface area is 204 Å². The van der Waals surface area contributed by atoms with Gasteiger partial charge >= 0.3 is 6.18 Å². The summed E-state index contributed by atoms with van der Waals surface area (Å²) in [5, 5.41) is 20.8. The van der Waals surface area contributed by atoms with Crippen molar-refractivity contribution in [2.24, 2.45) is 25.4 Å². The molecule has 5 nitrogen and oxygen atoms in total. The Bertz CT molecular complexity index is 1640. The number of rotatable bonds is 5. The number of hydrogen-bond donors (Lipinski definition) is 0. The molecule has 0 unspecified atom stereocenters. The molecule has 0 bridgehead atoms. The Morgan fingerprint density at radius 2 is 0.861 bits per heavy atom. The van der Waals surface area contributed by atoms with E-state index in [1.165, 1.54) is 12.1 Å². The molecule has 0 fully saturated rings. The monoisotopic (exact) mass is 481 g/mol. The lowest BCUT2D eigenvalue weighted by Crippen LogP contribution is -2.03. The minimum atomic E-state index is -4.40. The van der Waals surface area contributed by atoms with Gasteiger partial charge in [0, 0.05) is 21.5 Å². The molecule has 0 aliphatic carbocycles. The molecule has 0 radical (unpaired) electrons. The van der Waals surface area contributed by atoms with Gasteiger partial charge in [0.2, 0.25) is 0 Å². The molecule has 0 saturated carbocycles. The summed E-state index contributed by atoms with van der Waals surface area (Å²) < 4.78 is 38.4. The molecule has 0 aliphatic heterocycles. The Balaban J connectivity index is 1.48. The van der Waals surface area contributed by atoms with Crippen molar-refractivity contribution in [3.05, 3.63) is 103 Å². The van der Waals surface area contributed by atoms with Crippen LogP contribution in [0, 0.1) is 0 Å². The molecule has 0 spiro atoms. The molecule has 5 rings (SSSR count). The van der Waals surface area contributed by atoms with Crippen LogP contribution < -0.4 is 0 Å². The highest BCUT2D eigenvalue weighted by Crippen LogP contribution is 2.38. The lowest BCUT2D eigenvalue weighted by molar-refractivity contribution is -0.137. The SMILES string of the molecule is C=Nc1ccc(N=Nc2ccc(N=Nc3ccc(C(F)(F)F)cc3)c3ccccc23)c2ccccc12. The standard InChI is InChI=1S/C28H18F3N5/c1-32-24-14-15-26(21-7-3-2-6-20(21)24)35-36-27-17-16-25(22-8-4-5-9-23(22)27)34-33-19-12-10-18(11-13-19)28(29,30)31/h2-17H,1H2. The fourth-order valence-electron chi connectivity index (χ4n) is 3.87. The summed E-state index contributed by atoms with van der Waals surface area (Å²) in [5.74, 6) is 0. The second kappa shape index (κ2) is 9.50. The largest absolute Gasteiger partial charge is 0.416 e. The first-order chi connectivity index (χ1) is 17.4. The summed E-state index contributed by atoms with van der Waals surface area (Å²) in [6.07, 6.45) is -4.40. The maximum atomic E-state index is 12.8. The van der Waals surface area contributed by atoms with Gasteiger partial charge in [0.05, 0.1) is 34.0 Å². The van der Waals surface area contributed by atoms with Crippen molar-refractivity contribution in [3.63, 3.8) is 0 Å². The van der Waals surface area contributed by atoms with Gasteiger partial charge in [-0.1, -0.05) is 48.5 Å². The molecule has 5 aromatic rings. The third-order valence-corrected chi connectivity index (χ3v) is 5.66. The van der Waals surface area contributed by atoms with Gasteiger partial charge in [-0.25, -0.2) is 0 Å². The Hall–Kier alpha value is -4.72. The van der Waals surface area contributed by atoms with Crippen molar-refractivity contribution in [1.29, 1.82) is 0 Å². The van der Waals surface area contributed by atoms with E-state index in [2.05, 4.69) is 32.2 Å². The number of alkyl halides is 3. The molecule has 0 amide bonds. The molecule has 176 valence electrons. The van der Waals surface area contributed by atoms with E-state index >= 15 is 0 Å². The molecule has 0 heterocycles. The number of benzene rings is 5. The van der Waals surface area contributed by atoms with Crippen molar-refractivity contribution in [1.82, 2.24) is 0 Å². The molecule has 8 heteroatoms. The summed E-state index contributed by atoms with van der Waals surface area (Å²) in [4.78, 5) is 4.07. The molecule has 0 N–H and O–H groups in total. The molecular weight excluding hydrogens is 463 g/mol. The zero-order valence-electron chi connectivity index (χ0n) is 18.8. The van der Waals surface area contributed by atoms with Crippen LogP contribution in [0.15, 0.2) is 123 Å². The number of azo groups is 2. The summed E-state index contributed by atoms with van der Waals surface area (Å²) in [6.45, 7) is 3.63. The fourth-order valence-corrected chi connectivity index (χ4v) is 3.87. The lowest BCUT2D eigenvalue weighted by atomic mass is 10.1. The molecular formula is C28H18F3N5. The van der Waals surface area contributed by atoms with Gasteiger partial charge in [0.15, 0.2) is 0 Å². The normalized spacial score (nSPS) is 12.2. The van der Waals surface area contributed by atoms with Gasteiger partial charge in [-0.2, -0.15) is 18.3 Å². The van der Waals surface area contributed by atoms with E-state index in [0.29, 0.717) is 22.7 Å². The predicted octanol–water partition coefficient (Wildman–Crippen LogP) is 10.2. The van der Waals surface area contributed by atoms with Crippen molar-refractivity contribution in [3.8, 4) is 0 Å². The lowest BCUT2D eigenvalue weighted by Gasteiger charge is -2.06. The average molecular weight is 481 g/mol. The van der Waals surface area contributed by atoms with Crippen LogP contribution in [0.3, 0.4) is 0 Å². The van der Waals surface area contributed by atoms with Crippen molar-refractivity contribution in [2.75, 3.05) is 0 Å². The van der Waals surface area contributed by atoms with E-state index in [1.807, 2.05) is 60.7 Å². The number of hydrogen-bond acceptors (Lipinski definition) is 5. The van der Waals surface area contributed by atoms with Crippen LogP contribution in [-0.4, -0.2) is 6.72 Å². The second-order valence-corrected chi connectivity index (χ2v) is 7.90. The van der Waals surface area contributed by atoms with Gasteiger partial charge in [-0.3, -0.25) is 4.99 Å². The van der Waals surface area contributed by atoms with E-state index in [-0.39, 0.29) is 0 Å². The van der Waals surface area contributed by atoms with Crippen LogP contribution >= 0.6 is 0 Å². The third kappa shape index (κ3) is 4.61. The maximum Gasteiger partial charge on any atom is 0.416 e. The third-order valence-electron chi connectivity index (χ3n) is 5.66. The number of nitrogens with zero attached hydrogens (tertiary/aromatic N) is 5. The number of aliphatic imine (C=N–C) groups is 1. The zero-order chi connectivity index (χ0) is 25.1. The van der Waals surface area contributed by atoms with Crippen LogP contribution in [-0.2, 0) is 6.18 Å². The summed E-state index contributed by atoms with van der Waals surface area (Å²) in [7, 11) is 0. The van der Waals surface area contributed by atoms with Gasteiger partial charge in [0.1, 0.15) is 0 Å². The first-order valence-electron chi connectivity index (χ1n) is 10.9. The van der Waals surface area contributed by atoms with Gasteiger partial charge in [-0.15, -0.1) is 15.3 Å². The minimum absolute atomic E-state index is 0.320. The van der Waals surface area contributed by atoms with Crippen LogP contribution in [0.1, 0.15) is 5.56 Å². The van der Waals surface area contributed by atoms with Crippen molar-refractivity contribution < 1.29 is 13.2 Å². The Morgan fingerprint density at radius 3 is 1.28 bits per heavy atom. The second-order valence-electron chi connectivity index (χ2n) is 7.90. The highest BCUT2D eigenvalue weighted by atomic mass is 19.4. The average Bonchev–Trinajstić information content (AvgIpc) is 2.90. The summed E-state index contributed by atoms with van der Waals surface area (Å²) >= 11 is 0. The van der Waals surface area contributed by atoms with Crippen LogP contribution in [0.2, 0.25) is 0 Å². The van der Waals surface area contributed by atoms with E-state index in [9.17, 15) is 13.2 Å². The number of halogens is 3. The molecule has 0 aliphatic rings. The zero-order valence-corrected chi connectivity index (χ0v) is 18.8. The molecule has 0 saturated heterocycles. The highest BCUT2D eigenvalue weighted by molar-refractivity contribution is 6.01. The van der Waals surface area contributed by atoms with Crippen LogP contribution in [0.25, 0.3) is 21.5 Å². The van der Waals surface area contributed by atoms with Gasteiger partial charge in [-0.05, 0) is 55.2 Å². The Kier molecular flexibility index (Phi) is 6.08. The molecule has 5 aromatic carbocycles. The van der Waals surface area contributed by atoms with E-state index < -0.39 is 11.7 Å². The quantitative estimate of drug-likeness (QED) is 0.177. The van der Waals surface area contributed by atoms with Crippen molar-refractivity contribution >= 4 is 56.7 Å². The van der Waals surface area contributed by atoms with E-state index in [0.717, 1.165) is 39.4 Å². The first-order valence-corrected chi connectivity index (χ1v) is 10.9.